The van der Waals surface area contributed by atoms with E-state index >= 15 is 0 Å². The Balaban J connectivity index is 2.51. The Morgan fingerprint density at radius 2 is 2.16 bits per heavy atom. The Morgan fingerprint density at radius 3 is 2.68 bits per heavy atom. The summed E-state index contributed by atoms with van der Waals surface area (Å²) < 4.78 is 3.00. The van der Waals surface area contributed by atoms with E-state index in [1.807, 2.05) is 0 Å². The van der Waals surface area contributed by atoms with Crippen molar-refractivity contribution in [3.05, 3.63) is 50.9 Å². The van der Waals surface area contributed by atoms with E-state index in [9.17, 15) is 9.59 Å². The number of carbonyl (C=O) groups is 1. The summed E-state index contributed by atoms with van der Waals surface area (Å²) in [6.07, 6.45) is 1.48. The highest BCUT2D eigenvalue weighted by Crippen LogP contribution is 2.10. The van der Waals surface area contributed by atoms with Crippen LogP contribution in [0.2, 0.25) is 5.15 Å². The molecule has 19 heavy (non-hydrogen) atoms. The van der Waals surface area contributed by atoms with Crippen LogP contribution in [0.1, 0.15) is 21.9 Å². The van der Waals surface area contributed by atoms with Gasteiger partial charge in [-0.3, -0.25) is 4.79 Å². The molecule has 1 N–H and O–H groups in total. The molecule has 2 aromatic heterocycles. The molecular formula is C12H12ClN3O3. The first-order chi connectivity index (χ1) is 8.91. The summed E-state index contributed by atoms with van der Waals surface area (Å²) in [5.41, 5.74) is -0.147. The number of aromatic carboxylic acids is 1. The quantitative estimate of drug-likeness (QED) is 0.920. The van der Waals surface area contributed by atoms with E-state index in [1.54, 1.807) is 24.6 Å². The number of pyridine rings is 1. The van der Waals surface area contributed by atoms with Gasteiger partial charge in [0, 0.05) is 12.7 Å². The molecule has 0 aliphatic carbocycles. The summed E-state index contributed by atoms with van der Waals surface area (Å²) in [5.74, 6) is -0.658. The van der Waals surface area contributed by atoms with Gasteiger partial charge in [-0.2, -0.15) is 0 Å². The van der Waals surface area contributed by atoms with Crippen LogP contribution in [-0.2, 0) is 13.6 Å². The highest BCUT2D eigenvalue weighted by atomic mass is 35.5. The lowest BCUT2D eigenvalue weighted by molar-refractivity contribution is 0.0694. The molecule has 0 saturated carbocycles. The molecule has 0 atom stereocenters. The predicted octanol–water partition coefficient (Wildman–Crippen LogP) is 1.29. The Bertz CT molecular complexity index is 703. The standard InChI is InChI=1S/C12H12ClN3O3/c1-7-3-4-8(12(18)19)11(17)16(7)6-10-14-5-9(13)15(10)2/h3-5H,6H2,1-2H3,(H,18,19). The first-order valence-electron chi connectivity index (χ1n) is 5.51. The predicted molar refractivity (Wildman–Crippen MR) is 69.7 cm³/mol. The molecule has 0 fully saturated rings. The van der Waals surface area contributed by atoms with Crippen molar-refractivity contribution in [1.29, 1.82) is 0 Å². The van der Waals surface area contributed by atoms with Gasteiger partial charge in [0.05, 0.1) is 12.7 Å². The number of carboxylic acid groups (broad SMARTS) is 1. The van der Waals surface area contributed by atoms with Crippen LogP contribution in [0.5, 0.6) is 0 Å². The van der Waals surface area contributed by atoms with Crippen molar-refractivity contribution in [1.82, 2.24) is 14.1 Å². The smallest absolute Gasteiger partial charge is 0.341 e. The Hall–Kier alpha value is -2.08. The molecule has 6 nitrogen and oxygen atoms in total. The van der Waals surface area contributed by atoms with Gasteiger partial charge in [-0.25, -0.2) is 9.78 Å². The molecule has 0 radical (unpaired) electrons. The summed E-state index contributed by atoms with van der Waals surface area (Å²) in [5, 5.41) is 9.40. The third kappa shape index (κ3) is 2.39. The van der Waals surface area contributed by atoms with E-state index < -0.39 is 11.5 Å². The molecule has 2 aromatic rings. The average molecular weight is 282 g/mol. The zero-order valence-corrected chi connectivity index (χ0v) is 11.2. The lowest BCUT2D eigenvalue weighted by Gasteiger charge is -2.10. The average Bonchev–Trinajstić information content (AvgIpc) is 2.65. The number of nitrogens with zero attached hydrogens (tertiary/aromatic N) is 3. The second-order valence-corrected chi connectivity index (χ2v) is 4.53. The maximum Gasteiger partial charge on any atom is 0.341 e. The third-order valence-corrected chi connectivity index (χ3v) is 3.30. The molecule has 0 amide bonds. The number of aromatic nitrogens is 3. The van der Waals surface area contributed by atoms with Crippen molar-refractivity contribution in [3.8, 4) is 0 Å². The summed E-state index contributed by atoms with van der Waals surface area (Å²) in [4.78, 5) is 27.1. The molecule has 7 heteroatoms. The summed E-state index contributed by atoms with van der Waals surface area (Å²) in [6.45, 7) is 1.91. The van der Waals surface area contributed by atoms with Crippen molar-refractivity contribution in [2.45, 2.75) is 13.5 Å². The van der Waals surface area contributed by atoms with Crippen LogP contribution >= 0.6 is 11.6 Å². The SMILES string of the molecule is Cc1ccc(C(=O)O)c(=O)n1Cc1ncc(Cl)n1C. The van der Waals surface area contributed by atoms with Crippen molar-refractivity contribution >= 4 is 17.6 Å². The van der Waals surface area contributed by atoms with Crippen LogP contribution in [0.3, 0.4) is 0 Å². The van der Waals surface area contributed by atoms with Crippen LogP contribution in [0.15, 0.2) is 23.1 Å². The fourth-order valence-electron chi connectivity index (χ4n) is 1.74. The lowest BCUT2D eigenvalue weighted by atomic mass is 10.2. The van der Waals surface area contributed by atoms with E-state index in [0.29, 0.717) is 16.7 Å². The van der Waals surface area contributed by atoms with E-state index in [2.05, 4.69) is 4.98 Å². The number of rotatable bonds is 3. The van der Waals surface area contributed by atoms with Gasteiger partial charge in [0.15, 0.2) is 0 Å². The van der Waals surface area contributed by atoms with Gasteiger partial charge < -0.3 is 14.2 Å². The van der Waals surface area contributed by atoms with E-state index in [-0.39, 0.29) is 12.1 Å². The molecule has 0 unspecified atom stereocenters. The van der Waals surface area contributed by atoms with Gasteiger partial charge in [0.2, 0.25) is 0 Å². The van der Waals surface area contributed by atoms with Gasteiger partial charge in [0.25, 0.3) is 5.56 Å². The Labute approximate surface area is 113 Å². The summed E-state index contributed by atoms with van der Waals surface area (Å²) >= 11 is 5.88. The molecule has 100 valence electrons. The fourth-order valence-corrected chi connectivity index (χ4v) is 1.89. The highest BCUT2D eigenvalue weighted by Gasteiger charge is 2.14. The summed E-state index contributed by atoms with van der Waals surface area (Å²) in [6, 6.07) is 2.90. The van der Waals surface area contributed by atoms with Gasteiger partial charge in [-0.15, -0.1) is 0 Å². The molecule has 2 rings (SSSR count). The number of aryl methyl sites for hydroxylation is 1. The number of hydrogen-bond acceptors (Lipinski definition) is 3. The second kappa shape index (κ2) is 4.89. The second-order valence-electron chi connectivity index (χ2n) is 4.14. The van der Waals surface area contributed by atoms with Crippen molar-refractivity contribution in [2.24, 2.45) is 7.05 Å². The van der Waals surface area contributed by atoms with Crippen molar-refractivity contribution in [2.75, 3.05) is 0 Å². The largest absolute Gasteiger partial charge is 0.477 e. The maximum absolute atomic E-state index is 12.1. The fraction of sp³-hybridized carbons (Fsp3) is 0.250. The zero-order valence-electron chi connectivity index (χ0n) is 10.4. The van der Waals surface area contributed by atoms with Gasteiger partial charge in [0.1, 0.15) is 16.5 Å². The minimum Gasteiger partial charge on any atom is -0.477 e. The van der Waals surface area contributed by atoms with Gasteiger partial charge >= 0.3 is 5.97 Å². The monoisotopic (exact) mass is 281 g/mol. The minimum atomic E-state index is -1.24. The molecule has 0 spiro atoms. The summed E-state index contributed by atoms with van der Waals surface area (Å²) in [7, 11) is 1.73. The molecular weight excluding hydrogens is 270 g/mol. The minimum absolute atomic E-state index is 0.176. The van der Waals surface area contributed by atoms with E-state index in [4.69, 9.17) is 16.7 Å². The first kappa shape index (κ1) is 13.4. The molecule has 0 saturated heterocycles. The van der Waals surface area contributed by atoms with E-state index in [0.717, 1.165) is 0 Å². The highest BCUT2D eigenvalue weighted by molar-refractivity contribution is 6.29. The Morgan fingerprint density at radius 1 is 1.47 bits per heavy atom. The Kier molecular flexibility index (Phi) is 3.44. The lowest BCUT2D eigenvalue weighted by Crippen LogP contribution is -2.29. The number of carboxylic acids is 1. The van der Waals surface area contributed by atoms with Gasteiger partial charge in [-0.05, 0) is 19.1 Å². The van der Waals surface area contributed by atoms with Crippen LogP contribution in [-0.4, -0.2) is 25.2 Å². The maximum atomic E-state index is 12.1. The van der Waals surface area contributed by atoms with Crippen LogP contribution in [0.25, 0.3) is 0 Å². The topological polar surface area (TPSA) is 77.1 Å². The number of hydrogen-bond donors (Lipinski definition) is 1. The van der Waals surface area contributed by atoms with E-state index in [1.165, 1.54) is 16.8 Å². The van der Waals surface area contributed by atoms with Crippen LogP contribution in [0.4, 0.5) is 0 Å². The number of imidazole rings is 1. The molecule has 2 heterocycles. The molecule has 0 bridgehead atoms. The van der Waals surface area contributed by atoms with Crippen molar-refractivity contribution < 1.29 is 9.90 Å². The normalized spacial score (nSPS) is 10.7. The molecule has 0 aliphatic rings. The third-order valence-electron chi connectivity index (χ3n) is 2.95. The number of halogens is 1. The first-order valence-corrected chi connectivity index (χ1v) is 5.89. The zero-order chi connectivity index (χ0) is 14.2. The van der Waals surface area contributed by atoms with Crippen molar-refractivity contribution in [3.63, 3.8) is 0 Å². The van der Waals surface area contributed by atoms with Crippen LogP contribution in [0, 0.1) is 6.92 Å². The van der Waals surface area contributed by atoms with Gasteiger partial charge in [-0.1, -0.05) is 11.6 Å². The van der Waals surface area contributed by atoms with Crippen LogP contribution < -0.4 is 5.56 Å². The molecule has 0 aromatic carbocycles. The molecule has 0 aliphatic heterocycles.